The summed E-state index contributed by atoms with van der Waals surface area (Å²) in [5.74, 6) is 0.443. The first-order chi connectivity index (χ1) is 9.35. The Hall–Kier alpha value is -1.23. The van der Waals surface area contributed by atoms with E-state index in [1.54, 1.807) is 12.1 Å². The molecule has 0 aliphatic heterocycles. The Morgan fingerprint density at radius 1 is 1.10 bits per heavy atom. The average Bonchev–Trinajstić information content (AvgIpc) is 2.38. The first kappa shape index (κ1) is 16.8. The molecule has 0 heterocycles. The lowest BCUT2D eigenvalue weighted by atomic mass is 10.0. The highest BCUT2D eigenvalue weighted by atomic mass is 19.4. The largest absolute Gasteiger partial charge is 0.573 e. The second-order valence-corrected chi connectivity index (χ2v) is 4.93. The van der Waals surface area contributed by atoms with E-state index in [-0.39, 0.29) is 11.8 Å². The predicted octanol–water partition coefficient (Wildman–Crippen LogP) is 4.67. The molecule has 1 aromatic carbocycles. The van der Waals surface area contributed by atoms with E-state index >= 15 is 0 Å². The molecule has 1 rings (SSSR count). The van der Waals surface area contributed by atoms with E-state index in [0.717, 1.165) is 24.9 Å². The van der Waals surface area contributed by atoms with Gasteiger partial charge in [0.15, 0.2) is 0 Å². The summed E-state index contributed by atoms with van der Waals surface area (Å²) >= 11 is 0. The Morgan fingerprint density at radius 3 is 2.10 bits per heavy atom. The highest BCUT2D eigenvalue weighted by Gasteiger charge is 2.30. The van der Waals surface area contributed by atoms with E-state index in [1.165, 1.54) is 12.1 Å². The molecule has 0 saturated carbocycles. The van der Waals surface area contributed by atoms with Crippen molar-refractivity contribution in [2.24, 2.45) is 5.92 Å². The summed E-state index contributed by atoms with van der Waals surface area (Å²) in [7, 11) is 0. The average molecular weight is 289 g/mol. The maximum atomic E-state index is 12.1. The van der Waals surface area contributed by atoms with Crippen LogP contribution in [0.25, 0.3) is 0 Å². The Balaban J connectivity index is 2.55. The zero-order valence-electron chi connectivity index (χ0n) is 12.1. The first-order valence-electron chi connectivity index (χ1n) is 6.94. The normalized spacial score (nSPS) is 13.6. The van der Waals surface area contributed by atoms with Gasteiger partial charge >= 0.3 is 6.36 Å². The van der Waals surface area contributed by atoms with Gasteiger partial charge in [0.1, 0.15) is 5.75 Å². The van der Waals surface area contributed by atoms with Crippen molar-refractivity contribution in [3.63, 3.8) is 0 Å². The minimum Gasteiger partial charge on any atom is -0.406 e. The molecule has 0 aliphatic rings. The van der Waals surface area contributed by atoms with E-state index < -0.39 is 6.36 Å². The van der Waals surface area contributed by atoms with Gasteiger partial charge in [0.05, 0.1) is 0 Å². The van der Waals surface area contributed by atoms with Gasteiger partial charge in [0.2, 0.25) is 0 Å². The van der Waals surface area contributed by atoms with Gasteiger partial charge in [-0.25, -0.2) is 0 Å². The first-order valence-corrected chi connectivity index (χ1v) is 6.94. The predicted molar refractivity (Wildman–Crippen MR) is 73.6 cm³/mol. The van der Waals surface area contributed by atoms with Crippen molar-refractivity contribution in [1.29, 1.82) is 0 Å². The molecular formula is C15H22F3NO. The maximum Gasteiger partial charge on any atom is 0.573 e. The van der Waals surface area contributed by atoms with E-state index in [1.807, 2.05) is 6.92 Å². The number of rotatable bonds is 7. The number of hydrogen-bond acceptors (Lipinski definition) is 2. The van der Waals surface area contributed by atoms with Gasteiger partial charge in [0.25, 0.3) is 0 Å². The second-order valence-electron chi connectivity index (χ2n) is 4.93. The summed E-state index contributed by atoms with van der Waals surface area (Å²) in [6.07, 6.45) is -2.40. The monoisotopic (exact) mass is 289 g/mol. The lowest BCUT2D eigenvalue weighted by Gasteiger charge is -2.19. The van der Waals surface area contributed by atoms with Crippen LogP contribution in [-0.2, 0) is 0 Å². The number of alkyl halides is 3. The number of nitrogens with one attached hydrogen (secondary N) is 1. The molecule has 5 heteroatoms. The summed E-state index contributed by atoms with van der Waals surface area (Å²) in [5, 5.41) is 3.41. The number of halogens is 3. The molecule has 0 aliphatic carbocycles. The lowest BCUT2D eigenvalue weighted by Crippen LogP contribution is -2.25. The molecular weight excluding hydrogens is 267 g/mol. The van der Waals surface area contributed by atoms with Crippen LogP contribution in [0.4, 0.5) is 13.2 Å². The van der Waals surface area contributed by atoms with E-state index in [2.05, 4.69) is 23.9 Å². The maximum absolute atomic E-state index is 12.1. The third-order valence-electron chi connectivity index (χ3n) is 3.48. The van der Waals surface area contributed by atoms with Crippen molar-refractivity contribution < 1.29 is 17.9 Å². The molecule has 1 unspecified atom stereocenters. The zero-order valence-corrected chi connectivity index (χ0v) is 12.1. The lowest BCUT2D eigenvalue weighted by molar-refractivity contribution is -0.274. The zero-order chi connectivity index (χ0) is 15.2. The van der Waals surface area contributed by atoms with E-state index in [4.69, 9.17) is 0 Å². The molecule has 0 aromatic heterocycles. The van der Waals surface area contributed by atoms with Crippen molar-refractivity contribution in [3.8, 4) is 5.75 Å². The molecule has 1 N–H and O–H groups in total. The Bertz CT molecular complexity index is 385. The fourth-order valence-corrected chi connectivity index (χ4v) is 2.00. The molecule has 0 bridgehead atoms. The van der Waals surface area contributed by atoms with Crippen LogP contribution in [0.1, 0.15) is 45.2 Å². The smallest absolute Gasteiger partial charge is 0.406 e. The van der Waals surface area contributed by atoms with Crippen LogP contribution in [0.5, 0.6) is 5.75 Å². The van der Waals surface area contributed by atoms with Crippen molar-refractivity contribution in [3.05, 3.63) is 29.8 Å². The van der Waals surface area contributed by atoms with Gasteiger partial charge < -0.3 is 10.1 Å². The number of ether oxygens (including phenoxy) is 1. The van der Waals surface area contributed by atoms with Crippen LogP contribution in [0.3, 0.4) is 0 Å². The summed E-state index contributed by atoms with van der Waals surface area (Å²) in [6, 6.07) is 6.11. The molecule has 20 heavy (non-hydrogen) atoms. The molecule has 0 fully saturated rings. The highest BCUT2D eigenvalue weighted by molar-refractivity contribution is 5.29. The minimum absolute atomic E-state index is 0.107. The van der Waals surface area contributed by atoms with Crippen molar-refractivity contribution in [2.75, 3.05) is 6.54 Å². The molecule has 0 spiro atoms. The molecule has 0 saturated heterocycles. The SMILES string of the molecule is CCC(CC)CNC(C)c1ccc(OC(F)(F)F)cc1. The molecule has 114 valence electrons. The van der Waals surface area contributed by atoms with Crippen LogP contribution in [0.2, 0.25) is 0 Å². The fourth-order valence-electron chi connectivity index (χ4n) is 2.00. The van der Waals surface area contributed by atoms with Crippen molar-refractivity contribution in [1.82, 2.24) is 5.32 Å². The van der Waals surface area contributed by atoms with Gasteiger partial charge in [-0.15, -0.1) is 13.2 Å². The molecule has 2 nitrogen and oxygen atoms in total. The third-order valence-corrected chi connectivity index (χ3v) is 3.48. The Morgan fingerprint density at radius 2 is 1.65 bits per heavy atom. The highest BCUT2D eigenvalue weighted by Crippen LogP contribution is 2.24. The molecule has 0 radical (unpaired) electrons. The van der Waals surface area contributed by atoms with Gasteiger partial charge in [-0.1, -0.05) is 38.8 Å². The molecule has 1 atom stereocenters. The van der Waals surface area contributed by atoms with Crippen LogP contribution >= 0.6 is 0 Å². The second kappa shape index (κ2) is 7.53. The van der Waals surface area contributed by atoms with Gasteiger partial charge in [0, 0.05) is 6.04 Å². The van der Waals surface area contributed by atoms with Gasteiger partial charge in [-0.05, 0) is 37.1 Å². The van der Waals surface area contributed by atoms with E-state index in [0.29, 0.717) is 5.92 Å². The van der Waals surface area contributed by atoms with Gasteiger partial charge in [-0.3, -0.25) is 0 Å². The molecule has 0 amide bonds. The Kier molecular flexibility index (Phi) is 6.33. The van der Waals surface area contributed by atoms with Crippen LogP contribution < -0.4 is 10.1 Å². The van der Waals surface area contributed by atoms with Crippen molar-refractivity contribution >= 4 is 0 Å². The van der Waals surface area contributed by atoms with Crippen molar-refractivity contribution in [2.45, 2.75) is 46.0 Å². The summed E-state index contributed by atoms with van der Waals surface area (Å²) in [6.45, 7) is 7.23. The Labute approximate surface area is 118 Å². The quantitative estimate of drug-likeness (QED) is 0.787. The fraction of sp³-hybridized carbons (Fsp3) is 0.600. The topological polar surface area (TPSA) is 21.3 Å². The number of benzene rings is 1. The summed E-state index contributed by atoms with van der Waals surface area (Å²) in [5.41, 5.74) is 0.950. The summed E-state index contributed by atoms with van der Waals surface area (Å²) < 4.78 is 40.0. The summed E-state index contributed by atoms with van der Waals surface area (Å²) in [4.78, 5) is 0. The molecule has 1 aromatic rings. The number of hydrogen-bond donors (Lipinski definition) is 1. The van der Waals surface area contributed by atoms with Gasteiger partial charge in [-0.2, -0.15) is 0 Å². The standard InChI is InChI=1S/C15H22F3NO/c1-4-12(5-2)10-19-11(3)13-6-8-14(9-7-13)20-15(16,17)18/h6-9,11-12,19H,4-5,10H2,1-3H3. The van der Waals surface area contributed by atoms with Crippen LogP contribution in [0.15, 0.2) is 24.3 Å². The minimum atomic E-state index is -4.64. The van der Waals surface area contributed by atoms with E-state index in [9.17, 15) is 13.2 Å². The third kappa shape index (κ3) is 5.82. The van der Waals surface area contributed by atoms with Crippen LogP contribution in [-0.4, -0.2) is 12.9 Å². The van der Waals surface area contributed by atoms with Crippen LogP contribution in [0, 0.1) is 5.92 Å².